The fourth-order valence-corrected chi connectivity index (χ4v) is 1.83. The van der Waals surface area contributed by atoms with E-state index < -0.39 is 0 Å². The Balaban J connectivity index is 2.20. The van der Waals surface area contributed by atoms with E-state index in [2.05, 4.69) is 41.2 Å². The molecule has 0 bridgehead atoms. The molecule has 1 N–H and O–H groups in total. The third-order valence-electron chi connectivity index (χ3n) is 2.89. The van der Waals surface area contributed by atoms with E-state index in [9.17, 15) is 0 Å². The van der Waals surface area contributed by atoms with Crippen LogP contribution < -0.4 is 5.32 Å². The second-order valence-corrected chi connectivity index (χ2v) is 4.25. The number of pyridine rings is 1. The second-order valence-electron chi connectivity index (χ2n) is 4.25. The van der Waals surface area contributed by atoms with Crippen LogP contribution >= 0.6 is 0 Å². The van der Waals surface area contributed by atoms with Crippen LogP contribution in [0, 0.1) is 0 Å². The summed E-state index contributed by atoms with van der Waals surface area (Å²) < 4.78 is 0. The van der Waals surface area contributed by atoms with E-state index in [0.717, 1.165) is 26.2 Å². The Hall–Kier alpha value is -0.930. The number of nitrogens with one attached hydrogen (secondary N) is 1. The van der Waals surface area contributed by atoms with Crippen LogP contribution in [-0.2, 0) is 6.54 Å². The minimum absolute atomic E-state index is 0.971. The van der Waals surface area contributed by atoms with Crippen molar-refractivity contribution in [1.29, 1.82) is 0 Å². The van der Waals surface area contributed by atoms with Gasteiger partial charge in [0.1, 0.15) is 0 Å². The van der Waals surface area contributed by atoms with Gasteiger partial charge < -0.3 is 5.32 Å². The maximum atomic E-state index is 4.37. The number of unbranched alkanes of at least 4 members (excludes halogenated alkanes) is 1. The van der Waals surface area contributed by atoms with E-state index in [1.54, 1.807) is 0 Å². The lowest BCUT2D eigenvalue weighted by Gasteiger charge is -2.19. The average Bonchev–Trinajstić information content (AvgIpc) is 2.38. The van der Waals surface area contributed by atoms with Crippen LogP contribution in [0.25, 0.3) is 0 Å². The van der Waals surface area contributed by atoms with Gasteiger partial charge in [-0.25, -0.2) is 0 Å². The molecule has 0 fully saturated rings. The number of rotatable bonds is 9. The molecule has 3 nitrogen and oxygen atoms in total. The van der Waals surface area contributed by atoms with E-state index in [4.69, 9.17) is 0 Å². The summed E-state index contributed by atoms with van der Waals surface area (Å²) in [6, 6.07) is 6.12. The molecule has 17 heavy (non-hydrogen) atoms. The highest BCUT2D eigenvalue weighted by molar-refractivity contribution is 5.03. The third-order valence-corrected chi connectivity index (χ3v) is 2.89. The van der Waals surface area contributed by atoms with Crippen molar-refractivity contribution >= 4 is 0 Å². The minimum atomic E-state index is 0.971. The van der Waals surface area contributed by atoms with E-state index in [-0.39, 0.29) is 0 Å². The average molecular weight is 235 g/mol. The van der Waals surface area contributed by atoms with Gasteiger partial charge in [-0.15, -0.1) is 0 Å². The molecule has 0 atom stereocenters. The Morgan fingerprint density at radius 3 is 2.76 bits per heavy atom. The molecule has 96 valence electrons. The highest BCUT2D eigenvalue weighted by Crippen LogP contribution is 2.02. The topological polar surface area (TPSA) is 28.2 Å². The van der Waals surface area contributed by atoms with Crippen molar-refractivity contribution in [2.45, 2.75) is 33.2 Å². The van der Waals surface area contributed by atoms with Crippen molar-refractivity contribution < 1.29 is 0 Å². The first-order valence-corrected chi connectivity index (χ1v) is 6.69. The predicted octanol–water partition coefficient (Wildman–Crippen LogP) is 2.29. The van der Waals surface area contributed by atoms with Gasteiger partial charge in [0.2, 0.25) is 0 Å². The molecule has 1 rings (SSSR count). The minimum Gasteiger partial charge on any atom is -0.317 e. The standard InChI is InChI=1S/C14H25N3/c1-3-15-10-7-8-12-17(4-2)13-14-9-5-6-11-16-14/h5-6,9,11,15H,3-4,7-8,10,12-13H2,1-2H3. The molecule has 0 aliphatic carbocycles. The largest absolute Gasteiger partial charge is 0.317 e. The summed E-state index contributed by atoms with van der Waals surface area (Å²) in [6.45, 7) is 9.81. The number of hydrogen-bond acceptors (Lipinski definition) is 3. The van der Waals surface area contributed by atoms with Crippen LogP contribution in [0.1, 0.15) is 32.4 Å². The zero-order valence-corrected chi connectivity index (χ0v) is 11.2. The van der Waals surface area contributed by atoms with Gasteiger partial charge in [-0.05, 0) is 51.2 Å². The van der Waals surface area contributed by atoms with E-state index in [1.807, 2.05) is 12.3 Å². The zero-order chi connectivity index (χ0) is 12.3. The van der Waals surface area contributed by atoms with Crippen LogP contribution in [-0.4, -0.2) is 36.1 Å². The van der Waals surface area contributed by atoms with Crippen molar-refractivity contribution in [3.63, 3.8) is 0 Å². The summed E-state index contributed by atoms with van der Waals surface area (Å²) >= 11 is 0. The number of hydrogen-bond donors (Lipinski definition) is 1. The predicted molar refractivity (Wildman–Crippen MR) is 73.0 cm³/mol. The normalized spacial score (nSPS) is 11.0. The van der Waals surface area contributed by atoms with E-state index >= 15 is 0 Å². The fraction of sp³-hybridized carbons (Fsp3) is 0.643. The highest BCUT2D eigenvalue weighted by atomic mass is 15.1. The summed E-state index contributed by atoms with van der Waals surface area (Å²) in [7, 11) is 0. The molecule has 0 spiro atoms. The third kappa shape index (κ3) is 6.39. The van der Waals surface area contributed by atoms with Gasteiger partial charge in [0.15, 0.2) is 0 Å². The SMILES string of the molecule is CCNCCCCN(CC)Cc1ccccn1. The van der Waals surface area contributed by atoms with Crippen LogP contribution in [0.5, 0.6) is 0 Å². The van der Waals surface area contributed by atoms with Crippen molar-refractivity contribution in [3.05, 3.63) is 30.1 Å². The second kappa shape index (κ2) is 9.14. The molecule has 3 heteroatoms. The number of aromatic nitrogens is 1. The van der Waals surface area contributed by atoms with Gasteiger partial charge in [0.05, 0.1) is 5.69 Å². The van der Waals surface area contributed by atoms with E-state index in [0.29, 0.717) is 0 Å². The molecular formula is C14H25N3. The van der Waals surface area contributed by atoms with Crippen molar-refractivity contribution in [2.75, 3.05) is 26.2 Å². The van der Waals surface area contributed by atoms with Crippen molar-refractivity contribution in [3.8, 4) is 0 Å². The molecule has 0 aliphatic rings. The summed E-state index contributed by atoms with van der Waals surface area (Å²) in [6.07, 6.45) is 4.38. The summed E-state index contributed by atoms with van der Waals surface area (Å²) in [4.78, 5) is 6.82. The van der Waals surface area contributed by atoms with Gasteiger partial charge in [-0.3, -0.25) is 9.88 Å². The molecule has 0 radical (unpaired) electrons. The highest BCUT2D eigenvalue weighted by Gasteiger charge is 2.03. The Kier molecular flexibility index (Phi) is 7.60. The maximum absolute atomic E-state index is 4.37. The van der Waals surface area contributed by atoms with Gasteiger partial charge >= 0.3 is 0 Å². The van der Waals surface area contributed by atoms with Crippen LogP contribution in [0.15, 0.2) is 24.4 Å². The molecule has 1 aromatic rings. The molecule has 0 aromatic carbocycles. The Bertz CT molecular complexity index is 274. The lowest BCUT2D eigenvalue weighted by Crippen LogP contribution is -2.25. The molecule has 0 aliphatic heterocycles. The molecule has 1 heterocycles. The molecule has 0 amide bonds. The molecule has 0 unspecified atom stereocenters. The van der Waals surface area contributed by atoms with Crippen LogP contribution in [0.4, 0.5) is 0 Å². The maximum Gasteiger partial charge on any atom is 0.0543 e. The summed E-state index contributed by atoms with van der Waals surface area (Å²) in [5, 5.41) is 3.36. The number of nitrogens with zero attached hydrogens (tertiary/aromatic N) is 2. The smallest absolute Gasteiger partial charge is 0.0543 e. The van der Waals surface area contributed by atoms with Gasteiger partial charge in [0, 0.05) is 12.7 Å². The molecule has 1 aromatic heterocycles. The fourth-order valence-electron chi connectivity index (χ4n) is 1.83. The quantitative estimate of drug-likeness (QED) is 0.666. The lowest BCUT2D eigenvalue weighted by atomic mass is 10.2. The van der Waals surface area contributed by atoms with Crippen molar-refractivity contribution in [1.82, 2.24) is 15.2 Å². The molecular weight excluding hydrogens is 210 g/mol. The van der Waals surface area contributed by atoms with Crippen LogP contribution in [0.3, 0.4) is 0 Å². The first kappa shape index (κ1) is 14.1. The van der Waals surface area contributed by atoms with Gasteiger partial charge in [-0.2, -0.15) is 0 Å². The molecule has 0 saturated heterocycles. The van der Waals surface area contributed by atoms with Gasteiger partial charge in [-0.1, -0.05) is 19.9 Å². The summed E-state index contributed by atoms with van der Waals surface area (Å²) in [5.74, 6) is 0. The Labute approximate surface area is 105 Å². The van der Waals surface area contributed by atoms with Crippen LogP contribution in [0.2, 0.25) is 0 Å². The monoisotopic (exact) mass is 235 g/mol. The first-order chi connectivity index (χ1) is 8.36. The first-order valence-electron chi connectivity index (χ1n) is 6.69. The zero-order valence-electron chi connectivity index (χ0n) is 11.2. The Morgan fingerprint density at radius 1 is 1.24 bits per heavy atom. The lowest BCUT2D eigenvalue weighted by molar-refractivity contribution is 0.270. The van der Waals surface area contributed by atoms with Gasteiger partial charge in [0.25, 0.3) is 0 Å². The Morgan fingerprint density at radius 2 is 2.12 bits per heavy atom. The van der Waals surface area contributed by atoms with E-state index in [1.165, 1.54) is 25.1 Å². The molecule has 0 saturated carbocycles. The van der Waals surface area contributed by atoms with Crippen molar-refractivity contribution in [2.24, 2.45) is 0 Å². The summed E-state index contributed by atoms with van der Waals surface area (Å²) in [5.41, 5.74) is 1.17.